The zero-order chi connectivity index (χ0) is 23.4. The van der Waals surface area contributed by atoms with Crippen LogP contribution in [0.1, 0.15) is 22.3 Å². The smallest absolute Gasteiger partial charge is 0.251 e. The summed E-state index contributed by atoms with van der Waals surface area (Å²) < 4.78 is 51.7. The van der Waals surface area contributed by atoms with Crippen LogP contribution in [0.4, 0.5) is 14.5 Å². The van der Waals surface area contributed by atoms with Crippen LogP contribution >= 0.6 is 0 Å². The van der Waals surface area contributed by atoms with Crippen molar-refractivity contribution in [2.75, 3.05) is 24.5 Å². The molecule has 1 aliphatic rings. The van der Waals surface area contributed by atoms with Gasteiger partial charge < -0.3 is 10.2 Å². The number of amides is 1. The Bertz CT molecular complexity index is 1230. The molecule has 0 saturated carbocycles. The Hall–Kier alpha value is -3.26. The van der Waals surface area contributed by atoms with Gasteiger partial charge in [-0.3, -0.25) is 4.79 Å². The van der Waals surface area contributed by atoms with Gasteiger partial charge in [0.15, 0.2) is 21.5 Å². The number of carbonyl (C=O) groups is 1. The topological polar surface area (TPSA) is 66.5 Å². The van der Waals surface area contributed by atoms with Crippen LogP contribution in [0, 0.1) is 17.6 Å². The Morgan fingerprint density at radius 1 is 0.970 bits per heavy atom. The summed E-state index contributed by atoms with van der Waals surface area (Å²) in [6.45, 7) is 1.81. The first-order valence-corrected chi connectivity index (χ1v) is 12.3. The van der Waals surface area contributed by atoms with E-state index in [-0.39, 0.29) is 22.5 Å². The van der Waals surface area contributed by atoms with Crippen molar-refractivity contribution in [3.05, 3.63) is 95.6 Å². The summed E-state index contributed by atoms with van der Waals surface area (Å²) in [4.78, 5) is 14.8. The summed E-state index contributed by atoms with van der Waals surface area (Å²) in [5.74, 6) is -1.92. The van der Waals surface area contributed by atoms with E-state index in [9.17, 15) is 22.0 Å². The fraction of sp³-hybridized carbons (Fsp3) is 0.240. The van der Waals surface area contributed by atoms with Crippen molar-refractivity contribution in [3.63, 3.8) is 0 Å². The predicted molar refractivity (Wildman–Crippen MR) is 123 cm³/mol. The normalized spacial score (nSPS) is 16.1. The van der Waals surface area contributed by atoms with Gasteiger partial charge in [-0.2, -0.15) is 0 Å². The predicted octanol–water partition coefficient (Wildman–Crippen LogP) is 4.20. The molecule has 4 rings (SSSR count). The summed E-state index contributed by atoms with van der Waals surface area (Å²) in [5, 5.41) is 2.91. The van der Waals surface area contributed by atoms with E-state index >= 15 is 0 Å². The molecule has 0 radical (unpaired) electrons. The molecule has 0 aromatic heterocycles. The molecule has 0 spiro atoms. The minimum absolute atomic E-state index is 0.138. The molecule has 1 fully saturated rings. The van der Waals surface area contributed by atoms with Gasteiger partial charge in [0.25, 0.3) is 5.91 Å². The molecule has 5 nitrogen and oxygen atoms in total. The van der Waals surface area contributed by atoms with Crippen LogP contribution in [0.5, 0.6) is 0 Å². The highest BCUT2D eigenvalue weighted by Gasteiger charge is 2.24. The van der Waals surface area contributed by atoms with Gasteiger partial charge >= 0.3 is 0 Å². The van der Waals surface area contributed by atoms with Crippen LogP contribution in [0.25, 0.3) is 0 Å². The SMILES string of the molecule is O=C(NCC1CCN(c2ccc(F)c(F)c2)C1)c1ccc(CS(=O)(=O)c2ccccc2)cc1. The molecule has 1 amide bonds. The lowest BCUT2D eigenvalue weighted by Gasteiger charge is -2.19. The number of carbonyl (C=O) groups excluding carboxylic acids is 1. The molecule has 1 N–H and O–H groups in total. The van der Waals surface area contributed by atoms with E-state index < -0.39 is 21.5 Å². The second-order valence-electron chi connectivity index (χ2n) is 8.18. The molecule has 0 aliphatic carbocycles. The molecule has 3 aromatic rings. The van der Waals surface area contributed by atoms with Gasteiger partial charge in [0.05, 0.1) is 10.6 Å². The number of rotatable bonds is 7. The lowest BCUT2D eigenvalue weighted by atomic mass is 10.1. The van der Waals surface area contributed by atoms with Crippen molar-refractivity contribution in [3.8, 4) is 0 Å². The zero-order valence-corrected chi connectivity index (χ0v) is 18.7. The Morgan fingerprint density at radius 2 is 1.70 bits per heavy atom. The van der Waals surface area contributed by atoms with E-state index in [0.29, 0.717) is 36.4 Å². The molecule has 1 saturated heterocycles. The van der Waals surface area contributed by atoms with E-state index in [0.717, 1.165) is 12.5 Å². The van der Waals surface area contributed by atoms with Gasteiger partial charge in [-0.15, -0.1) is 0 Å². The average Bonchev–Trinajstić information content (AvgIpc) is 3.29. The quantitative estimate of drug-likeness (QED) is 0.562. The van der Waals surface area contributed by atoms with Crippen molar-refractivity contribution in [1.29, 1.82) is 0 Å². The number of anilines is 1. The lowest BCUT2D eigenvalue weighted by molar-refractivity contribution is 0.0948. The van der Waals surface area contributed by atoms with Crippen molar-refractivity contribution in [1.82, 2.24) is 5.32 Å². The van der Waals surface area contributed by atoms with Gasteiger partial charge in [-0.25, -0.2) is 17.2 Å². The van der Waals surface area contributed by atoms with Gasteiger partial charge in [0.2, 0.25) is 0 Å². The second-order valence-corrected chi connectivity index (χ2v) is 10.2. The molecule has 1 atom stereocenters. The van der Waals surface area contributed by atoms with Gasteiger partial charge in [-0.05, 0) is 54.3 Å². The molecule has 33 heavy (non-hydrogen) atoms. The van der Waals surface area contributed by atoms with E-state index in [1.54, 1.807) is 60.7 Å². The highest BCUT2D eigenvalue weighted by atomic mass is 32.2. The number of sulfone groups is 1. The van der Waals surface area contributed by atoms with E-state index in [1.807, 2.05) is 4.90 Å². The molecule has 8 heteroatoms. The highest BCUT2D eigenvalue weighted by molar-refractivity contribution is 7.90. The largest absolute Gasteiger partial charge is 0.371 e. The first kappa shape index (κ1) is 22.9. The number of halogens is 2. The van der Waals surface area contributed by atoms with Crippen LogP contribution in [0.2, 0.25) is 0 Å². The maximum absolute atomic E-state index is 13.5. The summed E-state index contributed by atoms with van der Waals surface area (Å²) in [6, 6.07) is 18.7. The van der Waals surface area contributed by atoms with Crippen molar-refractivity contribution < 1.29 is 22.0 Å². The van der Waals surface area contributed by atoms with Crippen molar-refractivity contribution in [2.45, 2.75) is 17.1 Å². The van der Waals surface area contributed by atoms with Crippen LogP contribution in [-0.4, -0.2) is 34.0 Å². The second kappa shape index (κ2) is 9.70. The molecule has 1 heterocycles. The monoisotopic (exact) mass is 470 g/mol. The number of benzene rings is 3. The molecule has 172 valence electrons. The first-order valence-electron chi connectivity index (χ1n) is 10.7. The minimum atomic E-state index is -3.45. The lowest BCUT2D eigenvalue weighted by Crippen LogP contribution is -2.31. The zero-order valence-electron chi connectivity index (χ0n) is 17.9. The molecular weight excluding hydrogens is 446 g/mol. The Morgan fingerprint density at radius 3 is 2.39 bits per heavy atom. The third-order valence-corrected chi connectivity index (χ3v) is 7.48. The van der Waals surface area contributed by atoms with Crippen LogP contribution < -0.4 is 10.2 Å². The van der Waals surface area contributed by atoms with Gasteiger partial charge in [0, 0.05) is 37.0 Å². The first-order chi connectivity index (χ1) is 15.8. The van der Waals surface area contributed by atoms with Crippen molar-refractivity contribution in [2.24, 2.45) is 5.92 Å². The van der Waals surface area contributed by atoms with Gasteiger partial charge in [-0.1, -0.05) is 30.3 Å². The number of hydrogen-bond acceptors (Lipinski definition) is 4. The van der Waals surface area contributed by atoms with Crippen LogP contribution in [0.15, 0.2) is 77.7 Å². The summed E-state index contributed by atoms with van der Waals surface area (Å²) >= 11 is 0. The molecule has 1 aliphatic heterocycles. The third kappa shape index (κ3) is 5.57. The van der Waals surface area contributed by atoms with E-state index in [4.69, 9.17) is 0 Å². The highest BCUT2D eigenvalue weighted by Crippen LogP contribution is 2.25. The number of hydrogen-bond donors (Lipinski definition) is 1. The van der Waals surface area contributed by atoms with Crippen molar-refractivity contribution >= 4 is 21.4 Å². The standard InChI is InChI=1S/C25H24F2N2O3S/c26-23-11-10-21(14-24(23)27)29-13-12-19(16-29)15-28-25(30)20-8-6-18(7-9-20)17-33(31,32)22-4-2-1-3-5-22/h1-11,14,19H,12-13,15-17H2,(H,28,30). The Balaban J connectivity index is 1.30. The average molecular weight is 471 g/mol. The third-order valence-electron chi connectivity index (χ3n) is 5.78. The number of nitrogens with zero attached hydrogens (tertiary/aromatic N) is 1. The molecule has 0 bridgehead atoms. The maximum atomic E-state index is 13.5. The fourth-order valence-electron chi connectivity index (χ4n) is 3.94. The van der Waals surface area contributed by atoms with Crippen LogP contribution in [0.3, 0.4) is 0 Å². The van der Waals surface area contributed by atoms with Gasteiger partial charge in [0.1, 0.15) is 0 Å². The minimum Gasteiger partial charge on any atom is -0.371 e. The molecule has 1 unspecified atom stereocenters. The Kier molecular flexibility index (Phi) is 6.74. The van der Waals surface area contributed by atoms with Crippen LogP contribution in [-0.2, 0) is 15.6 Å². The van der Waals surface area contributed by atoms with E-state index in [2.05, 4.69) is 5.32 Å². The fourth-order valence-corrected chi connectivity index (χ4v) is 5.31. The summed E-state index contributed by atoms with van der Waals surface area (Å²) in [7, 11) is -3.45. The summed E-state index contributed by atoms with van der Waals surface area (Å²) in [5.41, 5.74) is 1.68. The molecule has 3 aromatic carbocycles. The molecular formula is C25H24F2N2O3S. The van der Waals surface area contributed by atoms with E-state index in [1.165, 1.54) is 6.07 Å². The summed E-state index contributed by atoms with van der Waals surface area (Å²) in [6.07, 6.45) is 0.829. The maximum Gasteiger partial charge on any atom is 0.251 e. The Labute approximate surface area is 192 Å². The number of nitrogens with one attached hydrogen (secondary N) is 1.